The van der Waals surface area contributed by atoms with Crippen LogP contribution in [0.15, 0.2) is 29.2 Å². The van der Waals surface area contributed by atoms with Crippen LogP contribution in [0, 0.1) is 0 Å². The topological polar surface area (TPSA) is 136 Å². The summed E-state index contributed by atoms with van der Waals surface area (Å²) in [5.74, 6) is -0.831. The first-order valence-electron chi connectivity index (χ1n) is 8.61. The van der Waals surface area contributed by atoms with Crippen molar-refractivity contribution in [3.63, 3.8) is 0 Å². The minimum Gasteiger partial charge on any atom is -0.451 e. The van der Waals surface area contributed by atoms with Crippen LogP contribution >= 0.6 is 11.8 Å². The van der Waals surface area contributed by atoms with Crippen LogP contribution in [-0.4, -0.2) is 53.9 Å². The molecule has 2 saturated heterocycles. The van der Waals surface area contributed by atoms with Crippen LogP contribution in [-0.2, 0) is 29.1 Å². The van der Waals surface area contributed by atoms with Crippen molar-refractivity contribution in [1.29, 1.82) is 0 Å². The average molecular weight is 428 g/mol. The van der Waals surface area contributed by atoms with Crippen molar-refractivity contribution >= 4 is 45.3 Å². The third-order valence-electron chi connectivity index (χ3n) is 4.83. The number of nitrogens with one attached hydrogen (secondary N) is 1. The molecule has 0 saturated carbocycles. The van der Waals surface area contributed by atoms with E-state index in [2.05, 4.69) is 5.32 Å². The predicted octanol–water partition coefficient (Wildman–Crippen LogP) is 0.658. The Bertz CT molecular complexity index is 917. The van der Waals surface area contributed by atoms with E-state index in [0.717, 1.165) is 0 Å². The lowest BCUT2D eigenvalue weighted by Gasteiger charge is -2.29. The summed E-state index contributed by atoms with van der Waals surface area (Å²) in [7, 11) is -3.82. The number of carbonyl (C=O) groups is 3. The largest absolute Gasteiger partial charge is 0.451 e. The van der Waals surface area contributed by atoms with E-state index in [0.29, 0.717) is 24.3 Å². The van der Waals surface area contributed by atoms with E-state index >= 15 is 0 Å². The Hall–Kier alpha value is -2.11. The normalized spacial score (nSPS) is 25.3. The van der Waals surface area contributed by atoms with Gasteiger partial charge < -0.3 is 15.0 Å². The fourth-order valence-electron chi connectivity index (χ4n) is 3.27. The number of carbonyl (C=O) groups excluding carboxylic acids is 3. The molecule has 2 aliphatic heterocycles. The lowest BCUT2D eigenvalue weighted by Crippen LogP contribution is -2.48. The van der Waals surface area contributed by atoms with Gasteiger partial charge in [0.15, 0.2) is 6.10 Å². The lowest BCUT2D eigenvalue weighted by molar-refractivity contribution is -0.160. The van der Waals surface area contributed by atoms with Crippen molar-refractivity contribution in [2.24, 2.45) is 5.14 Å². The lowest BCUT2D eigenvalue weighted by atomic mass is 10.2. The molecule has 2 aliphatic rings. The van der Waals surface area contributed by atoms with Gasteiger partial charge in [0.1, 0.15) is 6.04 Å². The molecular weight excluding hydrogens is 406 g/mol. The first-order chi connectivity index (χ1) is 13.0. The van der Waals surface area contributed by atoms with Gasteiger partial charge in [-0.1, -0.05) is 0 Å². The Morgan fingerprint density at radius 3 is 2.61 bits per heavy atom. The van der Waals surface area contributed by atoms with E-state index in [1.54, 1.807) is 16.7 Å². The van der Waals surface area contributed by atoms with Gasteiger partial charge in [-0.05, 0) is 44.5 Å². The molecule has 3 atom stereocenters. The smallest absolute Gasteiger partial charge is 0.330 e. The number of anilines is 1. The highest BCUT2D eigenvalue weighted by Crippen LogP contribution is 2.47. The van der Waals surface area contributed by atoms with Gasteiger partial charge in [0.2, 0.25) is 15.9 Å². The van der Waals surface area contributed by atoms with E-state index in [-0.39, 0.29) is 10.8 Å². The van der Waals surface area contributed by atoms with E-state index in [9.17, 15) is 22.8 Å². The number of rotatable bonds is 5. The highest BCUT2D eigenvalue weighted by Gasteiger charge is 2.53. The Balaban J connectivity index is 1.60. The molecule has 2 amide bonds. The van der Waals surface area contributed by atoms with Crippen molar-refractivity contribution < 1.29 is 27.5 Å². The number of esters is 1. The molecule has 152 valence electrons. The first kappa shape index (κ1) is 20.6. The van der Waals surface area contributed by atoms with Gasteiger partial charge in [-0.25, -0.2) is 18.4 Å². The Labute approximate surface area is 167 Å². The zero-order valence-electron chi connectivity index (χ0n) is 15.4. The Kier molecular flexibility index (Phi) is 5.43. The SMILES string of the molecule is C[C@H](OC(=O)[C@H]1CS[C@@]2(C)CCC(=O)N12)C(=O)Nc1ccc(S(N)(=O)=O)cc1. The molecule has 0 aromatic heterocycles. The summed E-state index contributed by atoms with van der Waals surface area (Å²) in [6.07, 6.45) is 0.00263. The zero-order valence-corrected chi connectivity index (χ0v) is 17.0. The van der Waals surface area contributed by atoms with Gasteiger partial charge >= 0.3 is 5.97 Å². The van der Waals surface area contributed by atoms with Crippen molar-refractivity contribution in [3.8, 4) is 0 Å². The van der Waals surface area contributed by atoms with Gasteiger partial charge in [0.05, 0.1) is 9.77 Å². The fourth-order valence-corrected chi connectivity index (χ4v) is 5.21. The van der Waals surface area contributed by atoms with Gasteiger partial charge in [-0.15, -0.1) is 11.8 Å². The fraction of sp³-hybridized carbons (Fsp3) is 0.471. The first-order valence-corrected chi connectivity index (χ1v) is 11.1. The highest BCUT2D eigenvalue weighted by atomic mass is 32.2. The van der Waals surface area contributed by atoms with Crippen molar-refractivity contribution in [2.45, 2.75) is 48.6 Å². The Morgan fingerprint density at radius 2 is 2.00 bits per heavy atom. The minimum absolute atomic E-state index is 0.0814. The molecule has 3 rings (SSSR count). The van der Waals surface area contributed by atoms with Gasteiger partial charge in [0.25, 0.3) is 5.91 Å². The van der Waals surface area contributed by atoms with Gasteiger partial charge in [-0.3, -0.25) is 9.59 Å². The summed E-state index contributed by atoms with van der Waals surface area (Å²) in [6, 6.07) is 4.59. The number of nitrogens with zero attached hydrogens (tertiary/aromatic N) is 1. The second kappa shape index (κ2) is 7.37. The molecule has 0 unspecified atom stereocenters. The maximum Gasteiger partial charge on any atom is 0.330 e. The molecular formula is C17H21N3O6S2. The number of hydrogen-bond acceptors (Lipinski definition) is 7. The zero-order chi connectivity index (χ0) is 20.7. The summed E-state index contributed by atoms with van der Waals surface area (Å²) in [5.41, 5.74) is 0.332. The van der Waals surface area contributed by atoms with E-state index in [1.165, 1.54) is 31.2 Å². The third kappa shape index (κ3) is 4.01. The van der Waals surface area contributed by atoms with Crippen molar-refractivity contribution in [2.75, 3.05) is 11.1 Å². The summed E-state index contributed by atoms with van der Waals surface area (Å²) in [4.78, 5) is 38.0. The maximum absolute atomic E-state index is 12.5. The minimum atomic E-state index is -3.82. The van der Waals surface area contributed by atoms with Crippen LogP contribution < -0.4 is 10.5 Å². The van der Waals surface area contributed by atoms with Gasteiger partial charge in [0, 0.05) is 17.9 Å². The van der Waals surface area contributed by atoms with E-state index in [1.807, 2.05) is 6.92 Å². The molecule has 2 heterocycles. The molecule has 0 radical (unpaired) electrons. The molecule has 0 bridgehead atoms. The van der Waals surface area contributed by atoms with E-state index in [4.69, 9.17) is 9.88 Å². The van der Waals surface area contributed by atoms with Crippen LogP contribution in [0.3, 0.4) is 0 Å². The van der Waals surface area contributed by atoms with Gasteiger partial charge in [-0.2, -0.15) is 0 Å². The summed E-state index contributed by atoms with van der Waals surface area (Å²) >= 11 is 1.54. The maximum atomic E-state index is 12.5. The highest BCUT2D eigenvalue weighted by molar-refractivity contribution is 8.01. The summed E-state index contributed by atoms with van der Waals surface area (Å²) in [5, 5.41) is 7.57. The Morgan fingerprint density at radius 1 is 1.36 bits per heavy atom. The number of fused-ring (bicyclic) bond motifs is 1. The second-order valence-electron chi connectivity index (χ2n) is 6.90. The third-order valence-corrected chi connectivity index (χ3v) is 7.26. The van der Waals surface area contributed by atoms with Crippen LogP contribution in [0.1, 0.15) is 26.7 Å². The molecule has 11 heteroatoms. The number of benzene rings is 1. The van der Waals surface area contributed by atoms with Crippen LogP contribution in [0.2, 0.25) is 0 Å². The van der Waals surface area contributed by atoms with Crippen LogP contribution in [0.4, 0.5) is 5.69 Å². The molecule has 28 heavy (non-hydrogen) atoms. The molecule has 0 aliphatic carbocycles. The molecule has 0 spiro atoms. The summed E-state index contributed by atoms with van der Waals surface area (Å²) in [6.45, 7) is 3.36. The molecule has 3 N–H and O–H groups in total. The van der Waals surface area contributed by atoms with Crippen LogP contribution in [0.25, 0.3) is 0 Å². The van der Waals surface area contributed by atoms with Crippen LogP contribution in [0.5, 0.6) is 0 Å². The number of ether oxygens (including phenoxy) is 1. The predicted molar refractivity (Wildman–Crippen MR) is 103 cm³/mol. The summed E-state index contributed by atoms with van der Waals surface area (Å²) < 4.78 is 27.8. The number of hydrogen-bond donors (Lipinski definition) is 2. The van der Waals surface area contributed by atoms with Crippen molar-refractivity contribution in [1.82, 2.24) is 4.90 Å². The monoisotopic (exact) mass is 427 g/mol. The van der Waals surface area contributed by atoms with Crippen molar-refractivity contribution in [3.05, 3.63) is 24.3 Å². The number of amides is 2. The molecule has 1 aromatic carbocycles. The second-order valence-corrected chi connectivity index (χ2v) is 9.97. The van der Waals surface area contributed by atoms with E-state index < -0.39 is 38.9 Å². The number of sulfonamides is 1. The number of primary sulfonamides is 1. The standard InChI is InChI=1S/C17H21N3O6S2/c1-10(15(22)19-11-3-5-12(6-4-11)28(18,24)25)26-16(23)13-9-27-17(2)8-7-14(21)20(13)17/h3-6,10,13H,7-9H2,1-2H3,(H,19,22)(H2,18,24,25)/t10-,13+,17-/m0/s1. The number of thioether (sulfide) groups is 1. The quantitative estimate of drug-likeness (QED) is 0.659. The molecule has 1 aromatic rings. The number of nitrogens with two attached hydrogens (primary N) is 1. The molecule has 2 fully saturated rings. The molecule has 9 nitrogen and oxygen atoms in total. The average Bonchev–Trinajstić information content (AvgIpc) is 3.10.